The number of nitrogens with two attached hydrogens (primary N) is 1. The van der Waals surface area contributed by atoms with Crippen LogP contribution >= 0.6 is 11.8 Å². The number of thioether (sulfide) groups is 1. The molecule has 2 N–H and O–H groups in total. The number of hydrogen-bond donors (Lipinski definition) is 1. The van der Waals surface area contributed by atoms with Crippen molar-refractivity contribution in [2.24, 2.45) is 5.73 Å². The van der Waals surface area contributed by atoms with Crippen molar-refractivity contribution in [1.29, 1.82) is 0 Å². The lowest BCUT2D eigenvalue weighted by Gasteiger charge is -2.30. The first-order chi connectivity index (χ1) is 9.74. The van der Waals surface area contributed by atoms with Gasteiger partial charge in [0, 0.05) is 36.0 Å². The predicted molar refractivity (Wildman–Crippen MR) is 88.6 cm³/mol. The summed E-state index contributed by atoms with van der Waals surface area (Å²) in [5.41, 5.74) is 8.38. The second-order valence-electron chi connectivity index (χ2n) is 5.44. The Kier molecular flexibility index (Phi) is 4.13. The van der Waals surface area contributed by atoms with Gasteiger partial charge in [-0.25, -0.2) is 4.98 Å². The molecular formula is C16H21N3S. The van der Waals surface area contributed by atoms with Crippen LogP contribution in [0.2, 0.25) is 0 Å². The van der Waals surface area contributed by atoms with E-state index in [-0.39, 0.29) is 6.04 Å². The molecule has 3 nitrogen and oxygen atoms in total. The van der Waals surface area contributed by atoms with Gasteiger partial charge < -0.3 is 10.6 Å². The molecule has 1 fully saturated rings. The van der Waals surface area contributed by atoms with Gasteiger partial charge in [0.1, 0.15) is 5.82 Å². The highest BCUT2D eigenvalue weighted by Crippen LogP contribution is 2.26. The number of fused-ring (bicyclic) bond motifs is 1. The van der Waals surface area contributed by atoms with Gasteiger partial charge in [-0.1, -0.05) is 18.2 Å². The Labute approximate surface area is 124 Å². The van der Waals surface area contributed by atoms with Crippen LogP contribution in [0.5, 0.6) is 0 Å². The average Bonchev–Trinajstić information content (AvgIpc) is 2.47. The van der Waals surface area contributed by atoms with E-state index in [1.54, 1.807) is 0 Å². The molecule has 1 atom stereocenters. The highest BCUT2D eigenvalue weighted by molar-refractivity contribution is 7.99. The minimum absolute atomic E-state index is 0.163. The number of anilines is 1. The Hall–Kier alpha value is -1.26. The van der Waals surface area contributed by atoms with Crippen LogP contribution in [0.3, 0.4) is 0 Å². The minimum Gasteiger partial charge on any atom is -0.355 e. The highest BCUT2D eigenvalue weighted by Gasteiger charge is 2.17. The third-order valence-corrected chi connectivity index (χ3v) is 4.58. The SMILES string of the molecule is CC(N)Cc1cc2ccccc2nc1N1CCSCC1. The lowest BCUT2D eigenvalue weighted by molar-refractivity contribution is 0.728. The molecule has 0 aliphatic carbocycles. The largest absolute Gasteiger partial charge is 0.355 e. The van der Waals surface area contributed by atoms with Crippen molar-refractivity contribution in [2.45, 2.75) is 19.4 Å². The average molecular weight is 287 g/mol. The van der Waals surface area contributed by atoms with Crippen molar-refractivity contribution >= 4 is 28.5 Å². The van der Waals surface area contributed by atoms with E-state index in [1.165, 1.54) is 22.5 Å². The van der Waals surface area contributed by atoms with Gasteiger partial charge in [0.05, 0.1) is 5.52 Å². The van der Waals surface area contributed by atoms with Gasteiger partial charge in [0.15, 0.2) is 0 Å². The van der Waals surface area contributed by atoms with Crippen LogP contribution in [0.25, 0.3) is 10.9 Å². The first-order valence-electron chi connectivity index (χ1n) is 7.21. The maximum absolute atomic E-state index is 6.02. The van der Waals surface area contributed by atoms with E-state index in [0.717, 1.165) is 30.8 Å². The molecule has 2 heterocycles. The zero-order chi connectivity index (χ0) is 13.9. The normalized spacial score (nSPS) is 17.4. The Morgan fingerprint density at radius 3 is 2.80 bits per heavy atom. The number of rotatable bonds is 3. The summed E-state index contributed by atoms with van der Waals surface area (Å²) < 4.78 is 0. The summed E-state index contributed by atoms with van der Waals surface area (Å²) in [7, 11) is 0. The van der Waals surface area contributed by atoms with Crippen LogP contribution in [-0.4, -0.2) is 35.6 Å². The molecule has 0 radical (unpaired) electrons. The van der Waals surface area contributed by atoms with Gasteiger partial charge in [-0.15, -0.1) is 0 Å². The molecule has 1 aliphatic heterocycles. The molecule has 2 aromatic rings. The van der Waals surface area contributed by atoms with Gasteiger partial charge in [-0.3, -0.25) is 0 Å². The summed E-state index contributed by atoms with van der Waals surface area (Å²) in [4.78, 5) is 7.33. The molecule has 1 aromatic heterocycles. The van der Waals surface area contributed by atoms with E-state index in [1.807, 2.05) is 11.8 Å². The number of para-hydroxylation sites is 1. The summed E-state index contributed by atoms with van der Waals surface area (Å²) >= 11 is 2.02. The van der Waals surface area contributed by atoms with E-state index in [0.29, 0.717) is 0 Å². The molecule has 4 heteroatoms. The zero-order valence-corrected chi connectivity index (χ0v) is 12.7. The van der Waals surface area contributed by atoms with E-state index in [2.05, 4.69) is 42.2 Å². The summed E-state index contributed by atoms with van der Waals surface area (Å²) in [6, 6.07) is 10.8. The van der Waals surface area contributed by atoms with Crippen LogP contribution in [0.1, 0.15) is 12.5 Å². The molecule has 0 saturated carbocycles. The van der Waals surface area contributed by atoms with Gasteiger partial charge in [-0.05, 0) is 31.0 Å². The minimum atomic E-state index is 0.163. The summed E-state index contributed by atoms with van der Waals surface area (Å²) in [6.07, 6.45) is 0.886. The predicted octanol–water partition coefficient (Wildman–Crippen LogP) is 2.68. The topological polar surface area (TPSA) is 42.1 Å². The van der Waals surface area contributed by atoms with E-state index in [9.17, 15) is 0 Å². The lowest BCUT2D eigenvalue weighted by atomic mass is 10.0. The number of aromatic nitrogens is 1. The molecule has 0 amide bonds. The molecule has 1 unspecified atom stereocenters. The molecule has 20 heavy (non-hydrogen) atoms. The van der Waals surface area contributed by atoms with Crippen LogP contribution in [0, 0.1) is 0 Å². The van der Waals surface area contributed by atoms with Crippen molar-refractivity contribution < 1.29 is 0 Å². The standard InChI is InChI=1S/C16H21N3S/c1-12(17)10-14-11-13-4-2-3-5-15(13)18-16(14)19-6-8-20-9-7-19/h2-5,11-12H,6-10,17H2,1H3. The fourth-order valence-corrected chi connectivity index (χ4v) is 3.60. The molecular weight excluding hydrogens is 266 g/mol. The molecule has 0 bridgehead atoms. The van der Waals surface area contributed by atoms with Crippen LogP contribution in [0.15, 0.2) is 30.3 Å². The maximum Gasteiger partial charge on any atom is 0.132 e. The van der Waals surface area contributed by atoms with Crippen LogP contribution in [-0.2, 0) is 6.42 Å². The molecule has 1 aliphatic rings. The first-order valence-corrected chi connectivity index (χ1v) is 8.36. The Bertz CT molecular complexity index is 591. The Balaban J connectivity index is 2.05. The maximum atomic E-state index is 6.02. The second kappa shape index (κ2) is 6.02. The van der Waals surface area contributed by atoms with Gasteiger partial charge >= 0.3 is 0 Å². The number of pyridine rings is 1. The first kappa shape index (κ1) is 13.7. The summed E-state index contributed by atoms with van der Waals surface area (Å²) in [5.74, 6) is 3.51. The number of benzene rings is 1. The zero-order valence-electron chi connectivity index (χ0n) is 11.9. The molecule has 1 saturated heterocycles. The third kappa shape index (κ3) is 2.91. The molecule has 106 valence electrons. The summed E-state index contributed by atoms with van der Waals surface area (Å²) in [5, 5.41) is 1.21. The van der Waals surface area contributed by atoms with Crippen molar-refractivity contribution in [3.8, 4) is 0 Å². The van der Waals surface area contributed by atoms with Gasteiger partial charge in [0.2, 0.25) is 0 Å². The van der Waals surface area contributed by atoms with Gasteiger partial charge in [0.25, 0.3) is 0 Å². The smallest absolute Gasteiger partial charge is 0.132 e. The molecule has 0 spiro atoms. The molecule has 3 rings (SSSR count). The van der Waals surface area contributed by atoms with Crippen molar-refractivity contribution in [1.82, 2.24) is 4.98 Å². The molecule has 1 aromatic carbocycles. The fraction of sp³-hybridized carbons (Fsp3) is 0.438. The van der Waals surface area contributed by atoms with Crippen molar-refractivity contribution in [3.05, 3.63) is 35.9 Å². The second-order valence-corrected chi connectivity index (χ2v) is 6.67. The van der Waals surface area contributed by atoms with Crippen molar-refractivity contribution in [3.63, 3.8) is 0 Å². The van der Waals surface area contributed by atoms with Crippen molar-refractivity contribution in [2.75, 3.05) is 29.5 Å². The fourth-order valence-electron chi connectivity index (χ4n) is 2.70. The quantitative estimate of drug-likeness (QED) is 0.942. The third-order valence-electron chi connectivity index (χ3n) is 3.63. The van der Waals surface area contributed by atoms with Gasteiger partial charge in [-0.2, -0.15) is 11.8 Å². The monoisotopic (exact) mass is 287 g/mol. The number of nitrogens with zero attached hydrogens (tertiary/aromatic N) is 2. The lowest BCUT2D eigenvalue weighted by Crippen LogP contribution is -2.34. The highest BCUT2D eigenvalue weighted by atomic mass is 32.2. The van der Waals surface area contributed by atoms with Crippen LogP contribution < -0.4 is 10.6 Å². The number of hydrogen-bond acceptors (Lipinski definition) is 4. The van der Waals surface area contributed by atoms with Crippen LogP contribution in [0.4, 0.5) is 5.82 Å². The Morgan fingerprint density at radius 2 is 2.05 bits per heavy atom. The Morgan fingerprint density at radius 1 is 1.30 bits per heavy atom. The van der Waals surface area contributed by atoms with E-state index >= 15 is 0 Å². The van der Waals surface area contributed by atoms with E-state index in [4.69, 9.17) is 10.7 Å². The summed E-state index contributed by atoms with van der Waals surface area (Å²) in [6.45, 7) is 4.23. The van der Waals surface area contributed by atoms with E-state index < -0.39 is 0 Å².